The Kier molecular flexibility index (Phi) is 8.38. The molecule has 0 bridgehead atoms. The van der Waals surface area contributed by atoms with Crippen LogP contribution in [0.4, 0.5) is 0 Å². The molecule has 1 nitrogen and oxygen atoms in total. The van der Waals surface area contributed by atoms with Gasteiger partial charge in [-0.15, -0.1) is 0 Å². The molecule has 1 fully saturated rings. The van der Waals surface area contributed by atoms with Crippen LogP contribution in [-0.4, -0.2) is 23.1 Å². The molecule has 1 rings (SSSR count). The molecule has 0 spiro atoms. The van der Waals surface area contributed by atoms with Crippen LogP contribution < -0.4 is 5.32 Å². The van der Waals surface area contributed by atoms with Crippen LogP contribution in [0.1, 0.15) is 72.1 Å². The van der Waals surface area contributed by atoms with Crippen molar-refractivity contribution >= 4 is 11.8 Å². The maximum Gasteiger partial charge on any atom is 0.0201 e. The molecule has 102 valence electrons. The van der Waals surface area contributed by atoms with Gasteiger partial charge < -0.3 is 5.32 Å². The monoisotopic (exact) mass is 257 g/mol. The van der Waals surface area contributed by atoms with Gasteiger partial charge in [0.25, 0.3) is 0 Å². The number of thioether (sulfide) groups is 1. The van der Waals surface area contributed by atoms with E-state index in [4.69, 9.17) is 0 Å². The zero-order valence-corrected chi connectivity index (χ0v) is 12.8. The van der Waals surface area contributed by atoms with Crippen LogP contribution in [0.5, 0.6) is 0 Å². The van der Waals surface area contributed by atoms with Crippen molar-refractivity contribution in [3.63, 3.8) is 0 Å². The lowest BCUT2D eigenvalue weighted by Crippen LogP contribution is -2.38. The Morgan fingerprint density at radius 2 is 1.82 bits per heavy atom. The molecule has 17 heavy (non-hydrogen) atoms. The highest BCUT2D eigenvalue weighted by Crippen LogP contribution is 2.34. The van der Waals surface area contributed by atoms with E-state index in [2.05, 4.69) is 37.8 Å². The van der Waals surface area contributed by atoms with Crippen LogP contribution >= 0.6 is 11.8 Å². The smallest absolute Gasteiger partial charge is 0.0201 e. The molecule has 0 aromatic heterocycles. The minimum atomic E-state index is 0.738. The first-order chi connectivity index (χ1) is 8.31. The number of hydrogen-bond donors (Lipinski definition) is 1. The summed E-state index contributed by atoms with van der Waals surface area (Å²) in [5.74, 6) is 0. The fraction of sp³-hybridized carbons (Fsp3) is 1.00. The predicted octanol–water partition coefficient (Wildman–Crippen LogP) is 4.61. The maximum absolute atomic E-state index is 3.70. The lowest BCUT2D eigenvalue weighted by molar-refractivity contribution is 0.459. The molecule has 2 heteroatoms. The van der Waals surface area contributed by atoms with E-state index in [1.807, 2.05) is 0 Å². The molecular weight excluding hydrogens is 226 g/mol. The Morgan fingerprint density at radius 3 is 2.35 bits per heavy atom. The summed E-state index contributed by atoms with van der Waals surface area (Å²) in [7, 11) is 0. The van der Waals surface area contributed by atoms with Gasteiger partial charge in [0.1, 0.15) is 0 Å². The van der Waals surface area contributed by atoms with Crippen molar-refractivity contribution in [1.82, 2.24) is 5.32 Å². The van der Waals surface area contributed by atoms with Crippen molar-refractivity contribution in [3.05, 3.63) is 0 Å². The van der Waals surface area contributed by atoms with Crippen molar-refractivity contribution in [2.24, 2.45) is 0 Å². The third-order valence-corrected chi connectivity index (χ3v) is 5.70. The van der Waals surface area contributed by atoms with Crippen LogP contribution in [-0.2, 0) is 0 Å². The first kappa shape index (κ1) is 15.4. The summed E-state index contributed by atoms with van der Waals surface area (Å²) in [6.45, 7) is 8.02. The summed E-state index contributed by atoms with van der Waals surface area (Å²) in [5.41, 5.74) is 0. The van der Waals surface area contributed by atoms with E-state index < -0.39 is 0 Å². The van der Waals surface area contributed by atoms with Crippen molar-refractivity contribution in [2.75, 3.05) is 6.54 Å². The van der Waals surface area contributed by atoms with E-state index in [0.717, 1.165) is 23.1 Å². The molecule has 1 aliphatic rings. The molecule has 2 unspecified atom stereocenters. The zero-order valence-electron chi connectivity index (χ0n) is 12.0. The zero-order chi connectivity index (χ0) is 12.5. The van der Waals surface area contributed by atoms with Gasteiger partial charge in [-0.25, -0.2) is 0 Å². The second kappa shape index (κ2) is 9.27. The van der Waals surface area contributed by atoms with Crippen LogP contribution in [0.3, 0.4) is 0 Å². The average Bonchev–Trinajstić information content (AvgIpc) is 2.37. The predicted molar refractivity (Wildman–Crippen MR) is 80.9 cm³/mol. The van der Waals surface area contributed by atoms with E-state index in [-0.39, 0.29) is 0 Å². The SMILES string of the molecule is CCCC(NCC)C(CC)SC1CCCCC1. The number of nitrogens with one attached hydrogen (secondary N) is 1. The highest BCUT2D eigenvalue weighted by atomic mass is 32.2. The van der Waals surface area contributed by atoms with Crippen LogP contribution in [0.25, 0.3) is 0 Å². The van der Waals surface area contributed by atoms with Crippen molar-refractivity contribution in [2.45, 2.75) is 88.7 Å². The third-order valence-electron chi connectivity index (χ3n) is 3.84. The summed E-state index contributed by atoms with van der Waals surface area (Å²) < 4.78 is 0. The quantitative estimate of drug-likeness (QED) is 0.681. The van der Waals surface area contributed by atoms with Crippen LogP contribution in [0, 0.1) is 0 Å². The third kappa shape index (κ3) is 5.65. The Hall–Kier alpha value is 0.310. The first-order valence-electron chi connectivity index (χ1n) is 7.70. The molecule has 0 heterocycles. The Balaban J connectivity index is 2.42. The van der Waals surface area contributed by atoms with E-state index in [0.29, 0.717) is 0 Å². The maximum atomic E-state index is 3.70. The fourth-order valence-corrected chi connectivity index (χ4v) is 4.63. The molecule has 2 atom stereocenters. The molecule has 0 saturated heterocycles. The molecule has 0 radical (unpaired) electrons. The standard InChI is InChI=1S/C15H31NS/c1-4-10-14(16-6-3)15(5-2)17-13-11-8-7-9-12-13/h13-16H,4-12H2,1-3H3. The Bertz CT molecular complexity index is 172. The van der Waals surface area contributed by atoms with Crippen molar-refractivity contribution < 1.29 is 0 Å². The topological polar surface area (TPSA) is 12.0 Å². The van der Waals surface area contributed by atoms with Gasteiger partial charge in [-0.3, -0.25) is 0 Å². The first-order valence-corrected chi connectivity index (χ1v) is 8.64. The Labute approximate surface area is 113 Å². The molecule has 1 saturated carbocycles. The lowest BCUT2D eigenvalue weighted by Gasteiger charge is -2.31. The summed E-state index contributed by atoms with van der Waals surface area (Å²) in [6.07, 6.45) is 11.3. The highest BCUT2D eigenvalue weighted by molar-refractivity contribution is 8.00. The molecule has 0 aromatic carbocycles. The van der Waals surface area contributed by atoms with Gasteiger partial charge in [-0.1, -0.05) is 46.5 Å². The normalized spacial score (nSPS) is 21.4. The summed E-state index contributed by atoms with van der Waals surface area (Å²) in [6, 6.07) is 0.738. The van der Waals surface area contributed by atoms with Gasteiger partial charge in [0.05, 0.1) is 0 Å². The highest BCUT2D eigenvalue weighted by Gasteiger charge is 2.24. The Morgan fingerprint density at radius 1 is 1.12 bits per heavy atom. The molecule has 1 aliphatic carbocycles. The summed E-state index contributed by atoms with van der Waals surface area (Å²) in [4.78, 5) is 0. The van der Waals surface area contributed by atoms with E-state index in [1.54, 1.807) is 0 Å². The number of hydrogen-bond acceptors (Lipinski definition) is 2. The van der Waals surface area contributed by atoms with Gasteiger partial charge in [-0.05, 0) is 32.2 Å². The van der Waals surface area contributed by atoms with Crippen LogP contribution in [0.15, 0.2) is 0 Å². The fourth-order valence-electron chi connectivity index (χ4n) is 2.92. The lowest BCUT2D eigenvalue weighted by atomic mass is 10.0. The average molecular weight is 257 g/mol. The largest absolute Gasteiger partial charge is 0.313 e. The molecule has 0 aromatic rings. The van der Waals surface area contributed by atoms with Crippen molar-refractivity contribution in [1.29, 1.82) is 0 Å². The minimum Gasteiger partial charge on any atom is -0.313 e. The van der Waals surface area contributed by atoms with E-state index >= 15 is 0 Å². The molecule has 1 N–H and O–H groups in total. The second-order valence-corrected chi connectivity index (χ2v) is 6.84. The van der Waals surface area contributed by atoms with E-state index in [1.165, 1.54) is 51.4 Å². The number of rotatable bonds is 8. The summed E-state index contributed by atoms with van der Waals surface area (Å²) in [5, 5.41) is 5.49. The summed E-state index contributed by atoms with van der Waals surface area (Å²) >= 11 is 2.29. The van der Waals surface area contributed by atoms with Gasteiger partial charge in [0, 0.05) is 16.5 Å². The second-order valence-electron chi connectivity index (χ2n) is 5.30. The molecule has 0 aliphatic heterocycles. The van der Waals surface area contributed by atoms with Crippen molar-refractivity contribution in [3.8, 4) is 0 Å². The van der Waals surface area contributed by atoms with Gasteiger partial charge >= 0.3 is 0 Å². The molecule has 0 amide bonds. The van der Waals surface area contributed by atoms with Gasteiger partial charge in [-0.2, -0.15) is 11.8 Å². The van der Waals surface area contributed by atoms with Crippen LogP contribution in [0.2, 0.25) is 0 Å². The van der Waals surface area contributed by atoms with Gasteiger partial charge in [0.2, 0.25) is 0 Å². The van der Waals surface area contributed by atoms with Gasteiger partial charge in [0.15, 0.2) is 0 Å². The van der Waals surface area contributed by atoms with E-state index in [9.17, 15) is 0 Å². The minimum absolute atomic E-state index is 0.738. The molecular formula is C15H31NS.